The lowest BCUT2D eigenvalue weighted by Crippen LogP contribution is -2.58. The Morgan fingerprint density at radius 1 is 1.00 bits per heavy atom. The third kappa shape index (κ3) is 6.44. The second-order valence-electron chi connectivity index (χ2n) is 10.8. The lowest BCUT2D eigenvalue weighted by atomic mass is 10.0. The van der Waals surface area contributed by atoms with Crippen LogP contribution in [0.25, 0.3) is 10.9 Å². The van der Waals surface area contributed by atoms with Crippen molar-refractivity contribution in [2.45, 2.75) is 19.0 Å². The van der Waals surface area contributed by atoms with Crippen molar-refractivity contribution >= 4 is 40.1 Å². The number of amides is 4. The van der Waals surface area contributed by atoms with Gasteiger partial charge >= 0.3 is 6.03 Å². The number of anilines is 2. The first kappa shape index (κ1) is 28.8. The monoisotopic (exact) mass is 570 g/mol. The average molecular weight is 571 g/mol. The molecule has 3 aromatic carbocycles. The van der Waals surface area contributed by atoms with Crippen molar-refractivity contribution < 1.29 is 18.8 Å². The number of likely N-dealkylation sites (N-methyl/N-ethyl adjacent to an activating group) is 1. The van der Waals surface area contributed by atoms with E-state index in [4.69, 9.17) is 0 Å². The fraction of sp³-hybridized carbons (Fsp3) is 0.281. The molecule has 218 valence electrons. The second-order valence-corrected chi connectivity index (χ2v) is 10.8. The number of rotatable bonds is 8. The average Bonchev–Trinajstić information content (AvgIpc) is 3.39. The van der Waals surface area contributed by atoms with Crippen LogP contribution in [0.15, 0.2) is 79.0 Å². The number of H-pyrrole nitrogens is 1. The number of hydrogen-bond acceptors (Lipinski definition) is 4. The van der Waals surface area contributed by atoms with Gasteiger partial charge in [0.15, 0.2) is 0 Å². The van der Waals surface area contributed by atoms with E-state index in [2.05, 4.69) is 15.2 Å². The Bertz CT molecular complexity index is 1580. The van der Waals surface area contributed by atoms with Gasteiger partial charge in [-0.1, -0.05) is 30.3 Å². The number of carbonyl (C=O) groups excluding carboxylic acids is 3. The molecular formula is C32H35FN6O3. The lowest BCUT2D eigenvalue weighted by Gasteiger charge is -2.35. The van der Waals surface area contributed by atoms with Crippen LogP contribution in [0.1, 0.15) is 11.1 Å². The molecule has 0 bridgehead atoms. The number of hydrogen-bond donors (Lipinski definition) is 2. The molecule has 1 aliphatic rings. The van der Waals surface area contributed by atoms with E-state index in [1.165, 1.54) is 21.9 Å². The summed E-state index contributed by atoms with van der Waals surface area (Å²) in [5.41, 5.74) is 4.20. The molecule has 0 spiro atoms. The molecule has 42 heavy (non-hydrogen) atoms. The quantitative estimate of drug-likeness (QED) is 0.335. The van der Waals surface area contributed by atoms with E-state index in [-0.39, 0.29) is 43.7 Å². The Morgan fingerprint density at radius 2 is 1.76 bits per heavy atom. The van der Waals surface area contributed by atoms with E-state index < -0.39 is 12.1 Å². The van der Waals surface area contributed by atoms with Crippen LogP contribution >= 0.6 is 0 Å². The van der Waals surface area contributed by atoms with Crippen molar-refractivity contribution in [2.24, 2.45) is 0 Å². The van der Waals surface area contributed by atoms with Gasteiger partial charge in [0.05, 0.1) is 0 Å². The fourth-order valence-electron chi connectivity index (χ4n) is 5.29. The van der Waals surface area contributed by atoms with E-state index >= 15 is 0 Å². The molecule has 1 fully saturated rings. The topological polar surface area (TPSA) is 92.0 Å². The molecule has 1 saturated heterocycles. The molecule has 1 aliphatic heterocycles. The highest BCUT2D eigenvalue weighted by atomic mass is 19.1. The van der Waals surface area contributed by atoms with Crippen LogP contribution in [-0.4, -0.2) is 79.4 Å². The first-order valence-corrected chi connectivity index (χ1v) is 13.9. The maximum absolute atomic E-state index is 14.0. The van der Waals surface area contributed by atoms with E-state index in [0.29, 0.717) is 5.69 Å². The Morgan fingerprint density at radius 3 is 2.50 bits per heavy atom. The summed E-state index contributed by atoms with van der Waals surface area (Å²) in [7, 11) is 5.67. The van der Waals surface area contributed by atoms with Gasteiger partial charge in [-0.25, -0.2) is 9.18 Å². The van der Waals surface area contributed by atoms with Crippen LogP contribution in [0.5, 0.6) is 0 Å². The van der Waals surface area contributed by atoms with Crippen LogP contribution in [0.4, 0.5) is 20.6 Å². The van der Waals surface area contributed by atoms with E-state index in [9.17, 15) is 18.8 Å². The molecule has 4 amide bonds. The SMILES string of the molecule is CN(C)Cc1cccc(N(C)C(=O)C(Cc2c[nH]c3ccccc23)NC(=O)N2CCN(c3ccc(F)cc3)C(=O)C2)c1. The third-order valence-electron chi connectivity index (χ3n) is 7.47. The fourth-order valence-corrected chi connectivity index (χ4v) is 5.29. The van der Waals surface area contributed by atoms with Gasteiger partial charge < -0.3 is 29.9 Å². The largest absolute Gasteiger partial charge is 0.361 e. The van der Waals surface area contributed by atoms with Crippen molar-refractivity contribution in [2.75, 3.05) is 50.6 Å². The Labute approximate surface area is 244 Å². The molecule has 0 radical (unpaired) electrons. The Balaban J connectivity index is 1.35. The zero-order valence-corrected chi connectivity index (χ0v) is 24.0. The number of aromatic nitrogens is 1. The Kier molecular flexibility index (Phi) is 8.53. The number of carbonyl (C=O) groups is 3. The van der Waals surface area contributed by atoms with E-state index in [1.807, 2.05) is 68.8 Å². The van der Waals surface area contributed by atoms with Gasteiger partial charge in [0.2, 0.25) is 11.8 Å². The molecule has 0 aliphatic carbocycles. The lowest BCUT2D eigenvalue weighted by molar-refractivity contribution is -0.120. The maximum atomic E-state index is 14.0. The van der Waals surface area contributed by atoms with Gasteiger partial charge in [0, 0.05) is 61.6 Å². The molecule has 10 heteroatoms. The summed E-state index contributed by atoms with van der Waals surface area (Å²) in [4.78, 5) is 50.2. The molecule has 1 aromatic heterocycles. The standard InChI is InChI=1S/C32H35FN6O3/c1-36(2)20-22-7-6-8-26(17-22)37(3)31(41)29(18-23-19-34-28-10-5-4-9-27(23)28)35-32(42)38-15-16-39(30(40)21-38)25-13-11-24(33)12-14-25/h4-14,17,19,29,34H,15-16,18,20-21H2,1-3H3,(H,35,42). The summed E-state index contributed by atoms with van der Waals surface area (Å²) < 4.78 is 13.4. The highest BCUT2D eigenvalue weighted by Gasteiger charge is 2.32. The predicted octanol–water partition coefficient (Wildman–Crippen LogP) is 4.00. The van der Waals surface area contributed by atoms with Crippen LogP contribution in [0, 0.1) is 5.82 Å². The van der Waals surface area contributed by atoms with Crippen LogP contribution < -0.4 is 15.1 Å². The molecule has 0 saturated carbocycles. The first-order chi connectivity index (χ1) is 20.2. The second kappa shape index (κ2) is 12.4. The van der Waals surface area contributed by atoms with Crippen LogP contribution in [0.2, 0.25) is 0 Å². The minimum Gasteiger partial charge on any atom is -0.361 e. The number of nitrogens with zero attached hydrogens (tertiary/aromatic N) is 4. The summed E-state index contributed by atoms with van der Waals surface area (Å²) in [5, 5.41) is 3.90. The third-order valence-corrected chi connectivity index (χ3v) is 7.47. The van der Waals surface area contributed by atoms with Crippen molar-refractivity contribution in [3.8, 4) is 0 Å². The number of nitrogens with one attached hydrogen (secondary N) is 2. The van der Waals surface area contributed by atoms with E-state index in [1.54, 1.807) is 24.1 Å². The summed E-state index contributed by atoms with van der Waals surface area (Å²) in [6, 6.07) is 19.9. The normalized spacial score (nSPS) is 14.4. The predicted molar refractivity (Wildman–Crippen MR) is 162 cm³/mol. The molecule has 4 aromatic rings. The number of fused-ring (bicyclic) bond motifs is 1. The van der Waals surface area contributed by atoms with Gasteiger partial charge in [0.1, 0.15) is 18.4 Å². The maximum Gasteiger partial charge on any atom is 0.318 e. The number of benzene rings is 3. The van der Waals surface area contributed by atoms with Crippen LogP contribution in [0.3, 0.4) is 0 Å². The molecule has 1 unspecified atom stereocenters. The Hall–Kier alpha value is -4.70. The van der Waals surface area contributed by atoms with Crippen molar-refractivity contribution in [3.63, 3.8) is 0 Å². The number of piperazine rings is 1. The molecule has 5 rings (SSSR count). The highest BCUT2D eigenvalue weighted by molar-refractivity contribution is 6.01. The van der Waals surface area contributed by atoms with Crippen LogP contribution in [-0.2, 0) is 22.6 Å². The van der Waals surface area contributed by atoms with Gasteiger partial charge in [-0.05, 0) is 67.7 Å². The molecule has 1 atom stereocenters. The van der Waals surface area contributed by atoms with Gasteiger partial charge in [0.25, 0.3) is 0 Å². The minimum atomic E-state index is -0.885. The smallest absolute Gasteiger partial charge is 0.318 e. The molecular weight excluding hydrogens is 535 g/mol. The molecule has 9 nitrogen and oxygen atoms in total. The van der Waals surface area contributed by atoms with Gasteiger partial charge in [-0.3, -0.25) is 9.59 Å². The summed E-state index contributed by atoms with van der Waals surface area (Å²) in [6.07, 6.45) is 2.12. The summed E-state index contributed by atoms with van der Waals surface area (Å²) in [5.74, 6) is -0.936. The summed E-state index contributed by atoms with van der Waals surface area (Å²) in [6.45, 7) is 1.10. The number of urea groups is 1. The first-order valence-electron chi connectivity index (χ1n) is 13.9. The number of halogens is 1. The van der Waals surface area contributed by atoms with Crippen molar-refractivity contribution in [1.29, 1.82) is 0 Å². The van der Waals surface area contributed by atoms with Crippen molar-refractivity contribution in [1.82, 2.24) is 20.1 Å². The minimum absolute atomic E-state index is 0.153. The zero-order chi connectivity index (χ0) is 29.8. The van der Waals surface area contributed by atoms with Gasteiger partial charge in [-0.2, -0.15) is 0 Å². The van der Waals surface area contributed by atoms with Gasteiger partial charge in [-0.15, -0.1) is 0 Å². The molecule has 2 heterocycles. The number of aromatic amines is 1. The zero-order valence-electron chi connectivity index (χ0n) is 24.0. The van der Waals surface area contributed by atoms with Crippen molar-refractivity contribution in [3.05, 3.63) is 95.9 Å². The van der Waals surface area contributed by atoms with E-state index in [0.717, 1.165) is 34.3 Å². The highest BCUT2D eigenvalue weighted by Crippen LogP contribution is 2.23. The number of para-hydroxylation sites is 1. The summed E-state index contributed by atoms with van der Waals surface area (Å²) >= 11 is 0. The molecule has 2 N–H and O–H groups in total.